The van der Waals surface area contributed by atoms with Gasteiger partial charge in [0.05, 0.1) is 12.1 Å². The summed E-state index contributed by atoms with van der Waals surface area (Å²) >= 11 is 0. The Morgan fingerprint density at radius 3 is 2.68 bits per heavy atom. The fourth-order valence-corrected chi connectivity index (χ4v) is 1.89. The number of hydrogen-bond acceptors (Lipinski definition) is 5. The lowest BCUT2D eigenvalue weighted by Gasteiger charge is -2.11. The number of benzene rings is 1. The zero-order chi connectivity index (χ0) is 13.3. The molecule has 2 N–H and O–H groups in total. The fraction of sp³-hybridized carbons (Fsp3) is 0.385. The minimum absolute atomic E-state index is 0.0624. The van der Waals surface area contributed by atoms with Crippen LogP contribution in [-0.2, 0) is 0 Å². The van der Waals surface area contributed by atoms with Gasteiger partial charge in [0.15, 0.2) is 0 Å². The van der Waals surface area contributed by atoms with Crippen molar-refractivity contribution in [1.82, 2.24) is 20.5 Å². The highest BCUT2D eigenvalue weighted by Crippen LogP contribution is 2.44. The second kappa shape index (κ2) is 4.55. The number of hydrogen-bond donors (Lipinski definition) is 2. The molecule has 1 aromatic carbocycles. The third-order valence-corrected chi connectivity index (χ3v) is 3.48. The van der Waals surface area contributed by atoms with Crippen LogP contribution >= 0.6 is 0 Å². The number of amides is 1. The Hall–Kier alpha value is -2.08. The highest BCUT2D eigenvalue weighted by atomic mass is 16.3. The van der Waals surface area contributed by atoms with Gasteiger partial charge in [0, 0.05) is 12.0 Å². The molecule has 0 spiro atoms. The van der Waals surface area contributed by atoms with Crippen LogP contribution in [0.5, 0.6) is 0 Å². The average molecular weight is 258 g/mol. The van der Waals surface area contributed by atoms with Crippen molar-refractivity contribution >= 4 is 16.9 Å². The van der Waals surface area contributed by atoms with E-state index < -0.39 is 0 Å². The standard InChI is InChI=1S/C13H14N4O2/c18-8-13(5-6-13)7-14-12(19)11-15-9-3-1-2-4-10(9)16-17-11/h1-4,18H,5-8H2,(H,14,19). The molecule has 2 aromatic rings. The first-order valence-corrected chi connectivity index (χ1v) is 6.21. The van der Waals surface area contributed by atoms with Gasteiger partial charge in [0.25, 0.3) is 5.91 Å². The maximum absolute atomic E-state index is 11.9. The molecule has 0 saturated heterocycles. The van der Waals surface area contributed by atoms with Gasteiger partial charge in [-0.05, 0) is 25.0 Å². The number of aliphatic hydroxyl groups is 1. The van der Waals surface area contributed by atoms with Crippen LogP contribution in [0.1, 0.15) is 23.5 Å². The van der Waals surface area contributed by atoms with Crippen molar-refractivity contribution in [1.29, 1.82) is 0 Å². The van der Waals surface area contributed by atoms with Crippen LogP contribution < -0.4 is 5.32 Å². The van der Waals surface area contributed by atoms with Crippen LogP contribution in [0.3, 0.4) is 0 Å². The van der Waals surface area contributed by atoms with Crippen LogP contribution in [0.15, 0.2) is 24.3 Å². The molecule has 0 atom stereocenters. The second-order valence-corrected chi connectivity index (χ2v) is 4.96. The molecule has 3 rings (SSSR count). The molecule has 1 aromatic heterocycles. The van der Waals surface area contributed by atoms with Crippen molar-refractivity contribution in [2.75, 3.05) is 13.2 Å². The number of para-hydroxylation sites is 1. The lowest BCUT2D eigenvalue weighted by atomic mass is 10.1. The number of carbonyl (C=O) groups excluding carboxylic acids is 1. The number of aliphatic hydroxyl groups excluding tert-OH is 1. The van der Waals surface area contributed by atoms with E-state index in [1.54, 1.807) is 12.1 Å². The van der Waals surface area contributed by atoms with E-state index in [1.165, 1.54) is 0 Å². The Balaban J connectivity index is 1.74. The molecule has 6 nitrogen and oxygen atoms in total. The molecule has 1 saturated carbocycles. The van der Waals surface area contributed by atoms with Crippen molar-refractivity contribution in [3.8, 4) is 0 Å². The summed E-state index contributed by atoms with van der Waals surface area (Å²) in [7, 11) is 0. The zero-order valence-corrected chi connectivity index (χ0v) is 10.3. The topological polar surface area (TPSA) is 88.0 Å². The second-order valence-electron chi connectivity index (χ2n) is 4.96. The summed E-state index contributed by atoms with van der Waals surface area (Å²) in [6, 6.07) is 7.26. The normalized spacial score (nSPS) is 16.3. The van der Waals surface area contributed by atoms with Gasteiger partial charge in [0.2, 0.25) is 5.82 Å². The zero-order valence-electron chi connectivity index (χ0n) is 10.3. The Labute approximate surface area is 109 Å². The molecule has 0 aliphatic heterocycles. The summed E-state index contributed by atoms with van der Waals surface area (Å²) in [4.78, 5) is 16.1. The highest BCUT2D eigenvalue weighted by molar-refractivity contribution is 5.91. The molecule has 98 valence electrons. The minimum atomic E-state index is -0.349. The molecule has 19 heavy (non-hydrogen) atoms. The number of nitrogens with one attached hydrogen (secondary N) is 1. The Bertz CT molecular complexity index is 625. The van der Waals surface area contributed by atoms with Gasteiger partial charge in [-0.1, -0.05) is 12.1 Å². The largest absolute Gasteiger partial charge is 0.396 e. The molecular formula is C13H14N4O2. The van der Waals surface area contributed by atoms with Crippen LogP contribution in [0.4, 0.5) is 0 Å². The van der Waals surface area contributed by atoms with Crippen molar-refractivity contribution in [2.45, 2.75) is 12.8 Å². The van der Waals surface area contributed by atoms with E-state index in [4.69, 9.17) is 0 Å². The van der Waals surface area contributed by atoms with Crippen molar-refractivity contribution in [3.63, 3.8) is 0 Å². The smallest absolute Gasteiger partial charge is 0.291 e. The fourth-order valence-electron chi connectivity index (χ4n) is 1.89. The van der Waals surface area contributed by atoms with E-state index in [9.17, 15) is 9.90 Å². The SMILES string of the molecule is O=C(NCC1(CO)CC1)c1nnc2ccccc2n1. The first-order chi connectivity index (χ1) is 9.22. The Morgan fingerprint density at radius 1 is 1.26 bits per heavy atom. The average Bonchev–Trinajstić information content (AvgIpc) is 3.25. The third kappa shape index (κ3) is 2.39. The van der Waals surface area contributed by atoms with Gasteiger partial charge in [-0.2, -0.15) is 0 Å². The third-order valence-electron chi connectivity index (χ3n) is 3.48. The number of rotatable bonds is 4. The van der Waals surface area contributed by atoms with Gasteiger partial charge in [0.1, 0.15) is 5.52 Å². The van der Waals surface area contributed by atoms with Gasteiger partial charge < -0.3 is 10.4 Å². The lowest BCUT2D eigenvalue weighted by molar-refractivity contribution is 0.0924. The van der Waals surface area contributed by atoms with Gasteiger partial charge in [-0.3, -0.25) is 4.79 Å². The predicted molar refractivity (Wildman–Crippen MR) is 68.4 cm³/mol. The highest BCUT2D eigenvalue weighted by Gasteiger charge is 2.42. The first kappa shape index (κ1) is 12.0. The maximum Gasteiger partial charge on any atom is 0.291 e. The van der Waals surface area contributed by atoms with E-state index in [1.807, 2.05) is 12.1 Å². The molecule has 0 unspecified atom stereocenters. The molecule has 6 heteroatoms. The number of carbonyl (C=O) groups is 1. The molecule has 1 aliphatic rings. The Morgan fingerprint density at radius 2 is 2.00 bits per heavy atom. The van der Waals surface area contributed by atoms with Gasteiger partial charge in [-0.25, -0.2) is 4.98 Å². The van der Waals surface area contributed by atoms with Gasteiger partial charge in [-0.15, -0.1) is 10.2 Å². The summed E-state index contributed by atoms with van der Waals surface area (Å²) in [5, 5.41) is 19.7. The minimum Gasteiger partial charge on any atom is -0.396 e. The van der Waals surface area contributed by atoms with E-state index >= 15 is 0 Å². The quantitative estimate of drug-likeness (QED) is 0.835. The molecule has 1 aliphatic carbocycles. The van der Waals surface area contributed by atoms with Crippen LogP contribution in [0.25, 0.3) is 11.0 Å². The summed E-state index contributed by atoms with van der Waals surface area (Å²) in [6.07, 6.45) is 1.89. The molecule has 1 amide bonds. The van der Waals surface area contributed by atoms with Crippen molar-refractivity contribution in [2.24, 2.45) is 5.41 Å². The predicted octanol–water partition coefficient (Wildman–Crippen LogP) is 0.527. The summed E-state index contributed by atoms with van der Waals surface area (Å²) in [6.45, 7) is 0.558. The molecule has 1 heterocycles. The first-order valence-electron chi connectivity index (χ1n) is 6.21. The van der Waals surface area contributed by atoms with Crippen molar-refractivity contribution in [3.05, 3.63) is 30.1 Å². The van der Waals surface area contributed by atoms with Crippen LogP contribution in [0, 0.1) is 5.41 Å². The lowest BCUT2D eigenvalue weighted by Crippen LogP contribution is -2.33. The summed E-state index contributed by atoms with van der Waals surface area (Å²) in [5.41, 5.74) is 1.18. The molecule has 0 radical (unpaired) electrons. The number of nitrogens with zero attached hydrogens (tertiary/aromatic N) is 3. The monoisotopic (exact) mass is 258 g/mol. The molecule has 1 fully saturated rings. The van der Waals surface area contributed by atoms with Crippen LogP contribution in [0.2, 0.25) is 0 Å². The number of aromatic nitrogens is 3. The van der Waals surface area contributed by atoms with E-state index in [0.717, 1.165) is 12.8 Å². The van der Waals surface area contributed by atoms with E-state index in [2.05, 4.69) is 20.5 Å². The summed E-state index contributed by atoms with van der Waals surface area (Å²) < 4.78 is 0. The van der Waals surface area contributed by atoms with Crippen LogP contribution in [-0.4, -0.2) is 39.3 Å². The molecular weight excluding hydrogens is 244 g/mol. The number of fused-ring (bicyclic) bond motifs is 1. The molecule has 0 bridgehead atoms. The van der Waals surface area contributed by atoms with Gasteiger partial charge >= 0.3 is 0 Å². The van der Waals surface area contributed by atoms with Crippen molar-refractivity contribution < 1.29 is 9.90 Å². The Kier molecular flexibility index (Phi) is 2.87. The maximum atomic E-state index is 11.9. The van der Waals surface area contributed by atoms with E-state index in [-0.39, 0.29) is 23.8 Å². The van der Waals surface area contributed by atoms with E-state index in [0.29, 0.717) is 17.6 Å². The summed E-state index contributed by atoms with van der Waals surface area (Å²) in [5.74, 6) is -0.287.